The molecule has 7 nitrogen and oxygen atoms in total. The van der Waals surface area contributed by atoms with E-state index in [0.717, 1.165) is 12.8 Å². The molecule has 1 aliphatic rings. The lowest BCUT2D eigenvalue weighted by molar-refractivity contribution is 0.0722. The predicted molar refractivity (Wildman–Crippen MR) is 71.3 cm³/mol. The lowest BCUT2D eigenvalue weighted by Gasteiger charge is -2.20. The first kappa shape index (κ1) is 13.2. The lowest BCUT2D eigenvalue weighted by Crippen LogP contribution is -2.31. The Hall–Kier alpha value is -1.83. The van der Waals surface area contributed by atoms with E-state index in [2.05, 4.69) is 19.7 Å². The number of rotatable bonds is 3. The Kier molecular flexibility index (Phi) is 3.47. The molecule has 0 saturated carbocycles. The molecule has 0 N–H and O–H groups in total. The molecule has 2 aromatic rings. The van der Waals surface area contributed by atoms with Gasteiger partial charge in [0, 0.05) is 17.8 Å². The Morgan fingerprint density at radius 2 is 2.40 bits per heavy atom. The summed E-state index contributed by atoms with van der Waals surface area (Å²) in [5.41, 5.74) is 0.384. The van der Waals surface area contributed by atoms with E-state index in [-0.39, 0.29) is 17.9 Å². The minimum absolute atomic E-state index is 0.114. The van der Waals surface area contributed by atoms with Crippen molar-refractivity contribution in [2.75, 3.05) is 6.54 Å². The molecule has 1 amide bonds. The maximum absolute atomic E-state index is 12.4. The minimum atomic E-state index is -0.125. The Morgan fingerprint density at radius 3 is 3.05 bits per heavy atom. The smallest absolute Gasteiger partial charge is 0.275 e. The molecule has 3 rings (SSSR count). The third-order valence-corrected chi connectivity index (χ3v) is 3.85. The van der Waals surface area contributed by atoms with Crippen LogP contribution in [-0.4, -0.2) is 37.1 Å². The summed E-state index contributed by atoms with van der Waals surface area (Å²) in [4.78, 5) is 18.5. The fraction of sp³-hybridized carbons (Fsp3) is 0.583. The summed E-state index contributed by atoms with van der Waals surface area (Å²) in [7, 11) is 0. The average Bonchev–Trinajstić information content (AvgIpc) is 3.17. The number of aromatic nitrogens is 4. The van der Waals surface area contributed by atoms with Crippen LogP contribution in [0, 0.1) is 0 Å². The SMILES string of the molecule is CC(C)c1nc(C2CCCN2C(=O)c2csnn2)no1. The molecule has 1 saturated heterocycles. The van der Waals surface area contributed by atoms with Gasteiger partial charge in [0.05, 0.1) is 6.04 Å². The zero-order valence-electron chi connectivity index (χ0n) is 11.3. The van der Waals surface area contributed by atoms with Crippen molar-refractivity contribution < 1.29 is 9.32 Å². The predicted octanol–water partition coefficient (Wildman–Crippen LogP) is 2.02. The Bertz CT molecular complexity index is 595. The minimum Gasteiger partial charge on any atom is -0.339 e. The molecule has 106 valence electrons. The fourth-order valence-corrected chi connectivity index (χ4v) is 2.73. The Labute approximate surface area is 120 Å². The van der Waals surface area contributed by atoms with Crippen molar-refractivity contribution in [1.29, 1.82) is 0 Å². The second-order valence-corrected chi connectivity index (χ2v) is 5.70. The lowest BCUT2D eigenvalue weighted by atomic mass is 10.2. The van der Waals surface area contributed by atoms with E-state index in [1.54, 1.807) is 10.3 Å². The topological polar surface area (TPSA) is 85.0 Å². The zero-order valence-corrected chi connectivity index (χ0v) is 12.1. The van der Waals surface area contributed by atoms with Crippen LogP contribution in [0.4, 0.5) is 0 Å². The van der Waals surface area contributed by atoms with Crippen LogP contribution < -0.4 is 0 Å². The molecule has 0 aliphatic carbocycles. The highest BCUT2D eigenvalue weighted by molar-refractivity contribution is 7.03. The third-order valence-electron chi connectivity index (χ3n) is 3.34. The Balaban J connectivity index is 1.83. The monoisotopic (exact) mass is 293 g/mol. The molecule has 3 heterocycles. The van der Waals surface area contributed by atoms with Crippen LogP contribution in [-0.2, 0) is 0 Å². The van der Waals surface area contributed by atoms with Crippen LogP contribution in [0.15, 0.2) is 9.90 Å². The van der Waals surface area contributed by atoms with E-state index in [4.69, 9.17) is 4.52 Å². The molecule has 20 heavy (non-hydrogen) atoms. The maximum Gasteiger partial charge on any atom is 0.275 e. The van der Waals surface area contributed by atoms with Crippen molar-refractivity contribution in [3.63, 3.8) is 0 Å². The second kappa shape index (κ2) is 5.28. The van der Waals surface area contributed by atoms with Gasteiger partial charge in [-0.2, -0.15) is 4.98 Å². The molecule has 0 spiro atoms. The molecule has 1 fully saturated rings. The van der Waals surface area contributed by atoms with Gasteiger partial charge in [0.1, 0.15) is 0 Å². The fourth-order valence-electron chi connectivity index (χ4n) is 2.30. The molecule has 8 heteroatoms. The highest BCUT2D eigenvalue weighted by Gasteiger charge is 2.34. The quantitative estimate of drug-likeness (QED) is 0.860. The normalized spacial score (nSPS) is 18.9. The average molecular weight is 293 g/mol. The van der Waals surface area contributed by atoms with Gasteiger partial charge in [0.15, 0.2) is 11.5 Å². The standard InChI is InChI=1S/C12H15N5O2S/c1-7(2)11-13-10(15-19-11)9-4-3-5-17(9)12(18)8-6-20-16-14-8/h6-7,9H,3-5H2,1-2H3. The first-order chi connectivity index (χ1) is 9.66. The second-order valence-electron chi connectivity index (χ2n) is 5.09. The Morgan fingerprint density at radius 1 is 1.55 bits per heavy atom. The number of carbonyl (C=O) groups excluding carboxylic acids is 1. The van der Waals surface area contributed by atoms with Crippen molar-refractivity contribution in [3.05, 3.63) is 22.8 Å². The van der Waals surface area contributed by atoms with E-state index in [9.17, 15) is 4.79 Å². The highest BCUT2D eigenvalue weighted by Crippen LogP contribution is 2.31. The molecule has 0 bridgehead atoms. The molecule has 0 aromatic carbocycles. The van der Waals surface area contributed by atoms with Crippen LogP contribution in [0.2, 0.25) is 0 Å². The van der Waals surface area contributed by atoms with Crippen molar-refractivity contribution in [1.82, 2.24) is 24.6 Å². The van der Waals surface area contributed by atoms with Crippen molar-refractivity contribution in [3.8, 4) is 0 Å². The van der Waals surface area contributed by atoms with Gasteiger partial charge >= 0.3 is 0 Å². The van der Waals surface area contributed by atoms with Gasteiger partial charge < -0.3 is 9.42 Å². The number of amides is 1. The molecule has 1 aliphatic heterocycles. The first-order valence-corrected chi connectivity index (χ1v) is 7.42. The van der Waals surface area contributed by atoms with E-state index in [0.29, 0.717) is 24.0 Å². The van der Waals surface area contributed by atoms with Crippen molar-refractivity contribution in [2.24, 2.45) is 0 Å². The van der Waals surface area contributed by atoms with Gasteiger partial charge in [-0.15, -0.1) is 5.10 Å². The summed E-state index contributed by atoms with van der Waals surface area (Å²) >= 11 is 1.17. The van der Waals surface area contributed by atoms with E-state index in [1.165, 1.54) is 11.5 Å². The number of carbonyl (C=O) groups is 1. The molecule has 2 aromatic heterocycles. The van der Waals surface area contributed by atoms with Gasteiger partial charge in [-0.25, -0.2) is 0 Å². The van der Waals surface area contributed by atoms with Crippen molar-refractivity contribution in [2.45, 2.75) is 38.6 Å². The van der Waals surface area contributed by atoms with E-state index in [1.807, 2.05) is 13.8 Å². The van der Waals surface area contributed by atoms with Crippen LogP contribution in [0.25, 0.3) is 0 Å². The third kappa shape index (κ3) is 2.31. The van der Waals surface area contributed by atoms with Gasteiger partial charge in [-0.05, 0) is 24.4 Å². The van der Waals surface area contributed by atoms with Crippen LogP contribution in [0.1, 0.15) is 60.9 Å². The van der Waals surface area contributed by atoms with E-state index >= 15 is 0 Å². The van der Waals surface area contributed by atoms with Gasteiger partial charge in [0.2, 0.25) is 5.89 Å². The van der Waals surface area contributed by atoms with Crippen LogP contribution in [0.3, 0.4) is 0 Å². The summed E-state index contributed by atoms with van der Waals surface area (Å²) in [6, 6.07) is -0.125. The zero-order chi connectivity index (χ0) is 14.1. The number of hydrogen-bond donors (Lipinski definition) is 0. The molecule has 0 radical (unpaired) electrons. The highest BCUT2D eigenvalue weighted by atomic mass is 32.1. The molecule has 1 atom stereocenters. The summed E-state index contributed by atoms with van der Waals surface area (Å²) < 4.78 is 8.97. The van der Waals surface area contributed by atoms with Crippen LogP contribution >= 0.6 is 11.5 Å². The van der Waals surface area contributed by atoms with Gasteiger partial charge in [-0.1, -0.05) is 23.5 Å². The molecular formula is C12H15N5O2S. The van der Waals surface area contributed by atoms with Crippen LogP contribution in [0.5, 0.6) is 0 Å². The summed E-state index contributed by atoms with van der Waals surface area (Å²) in [6.07, 6.45) is 1.78. The van der Waals surface area contributed by atoms with Crippen molar-refractivity contribution >= 4 is 17.4 Å². The summed E-state index contributed by atoms with van der Waals surface area (Å²) in [6.45, 7) is 4.68. The first-order valence-electron chi connectivity index (χ1n) is 6.58. The molecule has 1 unspecified atom stereocenters. The van der Waals surface area contributed by atoms with Gasteiger partial charge in [-0.3, -0.25) is 4.79 Å². The molecular weight excluding hydrogens is 278 g/mol. The summed E-state index contributed by atoms with van der Waals surface area (Å²) in [5.74, 6) is 1.26. The number of likely N-dealkylation sites (tertiary alicyclic amines) is 1. The maximum atomic E-state index is 12.4. The number of nitrogens with zero attached hydrogens (tertiary/aromatic N) is 5. The van der Waals surface area contributed by atoms with Gasteiger partial charge in [0.25, 0.3) is 5.91 Å². The number of hydrogen-bond acceptors (Lipinski definition) is 7. The summed E-state index contributed by atoms with van der Waals surface area (Å²) in [5, 5.41) is 9.52. The van der Waals surface area contributed by atoms with E-state index < -0.39 is 0 Å². The largest absolute Gasteiger partial charge is 0.339 e.